The van der Waals surface area contributed by atoms with Crippen molar-refractivity contribution in [2.45, 2.75) is 30.8 Å². The number of anilines is 1. The lowest BCUT2D eigenvalue weighted by Gasteiger charge is -2.10. The maximum atomic E-state index is 12.5. The Morgan fingerprint density at radius 3 is 2.00 bits per heavy atom. The molecule has 0 unspecified atom stereocenters. The number of hydrogen-bond donors (Lipinski definition) is 1. The molecule has 0 radical (unpaired) electrons. The quantitative estimate of drug-likeness (QED) is 0.871. The van der Waals surface area contributed by atoms with E-state index in [4.69, 9.17) is 0 Å². The van der Waals surface area contributed by atoms with Crippen LogP contribution < -0.4 is 4.72 Å². The molecule has 0 atom stereocenters. The lowest BCUT2D eigenvalue weighted by atomic mass is 10.1. The third kappa shape index (κ3) is 4.48. The predicted octanol–water partition coefficient (Wildman–Crippen LogP) is 4.46. The molecule has 2 aromatic carbocycles. The van der Waals surface area contributed by atoms with Crippen molar-refractivity contribution in [3.8, 4) is 0 Å². The molecule has 0 spiro atoms. The van der Waals surface area contributed by atoms with Crippen molar-refractivity contribution in [3.05, 3.63) is 59.7 Å². The van der Waals surface area contributed by atoms with Crippen molar-refractivity contribution < 1.29 is 21.6 Å². The molecule has 0 aliphatic carbocycles. The van der Waals surface area contributed by atoms with E-state index >= 15 is 0 Å². The second kappa shape index (κ2) is 6.62. The molecule has 0 aromatic heterocycles. The third-order valence-electron chi connectivity index (χ3n) is 3.24. The molecular formula is C16H16F3NO2S. The molecular weight excluding hydrogens is 327 g/mol. The normalized spacial score (nSPS) is 12.2. The van der Waals surface area contributed by atoms with Crippen LogP contribution in [0.4, 0.5) is 18.9 Å². The minimum atomic E-state index is -4.45. The van der Waals surface area contributed by atoms with Crippen LogP contribution in [0.1, 0.15) is 24.5 Å². The Bertz CT molecular complexity index is 751. The van der Waals surface area contributed by atoms with Crippen LogP contribution in [-0.2, 0) is 22.6 Å². The van der Waals surface area contributed by atoms with Crippen LogP contribution in [-0.4, -0.2) is 8.42 Å². The van der Waals surface area contributed by atoms with E-state index in [2.05, 4.69) is 4.72 Å². The maximum Gasteiger partial charge on any atom is 0.416 e. The summed E-state index contributed by atoms with van der Waals surface area (Å²) < 4.78 is 64.2. The highest BCUT2D eigenvalue weighted by Gasteiger charge is 2.30. The van der Waals surface area contributed by atoms with Crippen LogP contribution in [0.5, 0.6) is 0 Å². The first kappa shape index (κ1) is 17.3. The molecule has 2 aromatic rings. The summed E-state index contributed by atoms with van der Waals surface area (Å²) in [5, 5.41) is 0. The van der Waals surface area contributed by atoms with Gasteiger partial charge < -0.3 is 0 Å². The van der Waals surface area contributed by atoms with E-state index in [0.717, 1.165) is 42.7 Å². The van der Waals surface area contributed by atoms with Gasteiger partial charge in [-0.15, -0.1) is 0 Å². The van der Waals surface area contributed by atoms with E-state index < -0.39 is 21.8 Å². The molecule has 0 heterocycles. The molecule has 0 saturated carbocycles. The van der Waals surface area contributed by atoms with Gasteiger partial charge in [-0.25, -0.2) is 8.42 Å². The van der Waals surface area contributed by atoms with Crippen LogP contribution in [0.3, 0.4) is 0 Å². The first-order valence-electron chi connectivity index (χ1n) is 7.01. The Hall–Kier alpha value is -2.02. The van der Waals surface area contributed by atoms with Crippen LogP contribution >= 0.6 is 0 Å². The monoisotopic (exact) mass is 343 g/mol. The number of aryl methyl sites for hydroxylation is 1. The Morgan fingerprint density at radius 1 is 0.957 bits per heavy atom. The first-order valence-corrected chi connectivity index (χ1v) is 8.50. The molecule has 0 aliphatic heterocycles. The van der Waals surface area contributed by atoms with Gasteiger partial charge in [-0.2, -0.15) is 13.2 Å². The summed E-state index contributed by atoms with van der Waals surface area (Å²) >= 11 is 0. The molecule has 0 aliphatic rings. The number of halogens is 3. The molecule has 3 nitrogen and oxygen atoms in total. The standard InChI is InChI=1S/C16H16F3NO2S/c1-2-3-12-4-10-15(11-5-12)23(21,22)20-14-8-6-13(7-9-14)16(17,18)19/h4-11,20H,2-3H2,1H3. The minimum absolute atomic E-state index is 0.0669. The molecule has 0 fully saturated rings. The molecule has 124 valence electrons. The van der Waals surface area contributed by atoms with Gasteiger partial charge in [0, 0.05) is 5.69 Å². The van der Waals surface area contributed by atoms with Gasteiger partial charge in [0.25, 0.3) is 10.0 Å². The Balaban J connectivity index is 2.17. The van der Waals surface area contributed by atoms with Gasteiger partial charge in [0.15, 0.2) is 0 Å². The fraction of sp³-hybridized carbons (Fsp3) is 0.250. The summed E-state index contributed by atoms with van der Waals surface area (Å²) in [5.41, 5.74) is 0.279. The van der Waals surface area contributed by atoms with Crippen molar-refractivity contribution in [1.29, 1.82) is 0 Å². The second-order valence-corrected chi connectivity index (χ2v) is 6.76. The molecule has 23 heavy (non-hydrogen) atoms. The van der Waals surface area contributed by atoms with Crippen molar-refractivity contribution in [3.63, 3.8) is 0 Å². The van der Waals surface area contributed by atoms with Crippen molar-refractivity contribution in [2.75, 3.05) is 4.72 Å². The van der Waals surface area contributed by atoms with Gasteiger partial charge in [0.1, 0.15) is 0 Å². The highest BCUT2D eigenvalue weighted by molar-refractivity contribution is 7.92. The van der Waals surface area contributed by atoms with Gasteiger partial charge in [-0.1, -0.05) is 25.5 Å². The third-order valence-corrected chi connectivity index (χ3v) is 4.63. The zero-order chi connectivity index (χ0) is 17.1. The number of hydrogen-bond acceptors (Lipinski definition) is 2. The largest absolute Gasteiger partial charge is 0.416 e. The van der Waals surface area contributed by atoms with Gasteiger partial charge in [-0.3, -0.25) is 4.72 Å². The first-order chi connectivity index (χ1) is 10.7. The lowest BCUT2D eigenvalue weighted by Crippen LogP contribution is -2.13. The van der Waals surface area contributed by atoms with E-state index in [1.807, 2.05) is 6.92 Å². The highest BCUT2D eigenvalue weighted by Crippen LogP contribution is 2.30. The molecule has 7 heteroatoms. The van der Waals surface area contributed by atoms with Crippen LogP contribution in [0.15, 0.2) is 53.4 Å². The number of sulfonamides is 1. The molecule has 1 N–H and O–H groups in total. The zero-order valence-corrected chi connectivity index (χ0v) is 13.2. The molecule has 0 amide bonds. The van der Waals surface area contributed by atoms with Crippen molar-refractivity contribution >= 4 is 15.7 Å². The average Bonchev–Trinajstić information content (AvgIpc) is 2.47. The van der Waals surface area contributed by atoms with Gasteiger partial charge in [0.05, 0.1) is 10.5 Å². The number of benzene rings is 2. The van der Waals surface area contributed by atoms with E-state index in [0.29, 0.717) is 0 Å². The van der Waals surface area contributed by atoms with Gasteiger partial charge in [0.2, 0.25) is 0 Å². The fourth-order valence-corrected chi connectivity index (χ4v) is 3.12. The van der Waals surface area contributed by atoms with Crippen LogP contribution in [0.25, 0.3) is 0 Å². The minimum Gasteiger partial charge on any atom is -0.280 e. The van der Waals surface area contributed by atoms with Crippen LogP contribution in [0.2, 0.25) is 0 Å². The Kier molecular flexibility index (Phi) is 4.99. The summed E-state index contributed by atoms with van der Waals surface area (Å²) in [4.78, 5) is 0.0669. The van der Waals surface area contributed by atoms with Crippen LogP contribution in [0, 0.1) is 0 Å². The van der Waals surface area contributed by atoms with E-state index in [9.17, 15) is 21.6 Å². The van der Waals surface area contributed by atoms with E-state index in [1.165, 1.54) is 12.1 Å². The number of alkyl halides is 3. The van der Waals surface area contributed by atoms with Crippen molar-refractivity contribution in [2.24, 2.45) is 0 Å². The zero-order valence-electron chi connectivity index (χ0n) is 12.4. The second-order valence-electron chi connectivity index (χ2n) is 5.07. The number of rotatable bonds is 5. The Morgan fingerprint density at radius 2 is 1.52 bits per heavy atom. The molecule has 0 saturated heterocycles. The van der Waals surface area contributed by atoms with Crippen molar-refractivity contribution in [1.82, 2.24) is 0 Å². The SMILES string of the molecule is CCCc1ccc(S(=O)(=O)Nc2ccc(C(F)(F)F)cc2)cc1. The predicted molar refractivity (Wildman–Crippen MR) is 82.7 cm³/mol. The summed E-state index contributed by atoms with van der Waals surface area (Å²) in [6.07, 6.45) is -2.64. The van der Waals surface area contributed by atoms with E-state index in [-0.39, 0.29) is 10.6 Å². The summed E-state index contributed by atoms with van der Waals surface area (Å²) in [6, 6.07) is 10.3. The highest BCUT2D eigenvalue weighted by atomic mass is 32.2. The maximum absolute atomic E-state index is 12.5. The smallest absolute Gasteiger partial charge is 0.280 e. The Labute approximate surface area is 133 Å². The lowest BCUT2D eigenvalue weighted by molar-refractivity contribution is -0.137. The molecule has 2 rings (SSSR count). The average molecular weight is 343 g/mol. The molecule has 0 bridgehead atoms. The van der Waals surface area contributed by atoms with E-state index in [1.54, 1.807) is 12.1 Å². The summed E-state index contributed by atoms with van der Waals surface area (Å²) in [6.45, 7) is 2.02. The summed E-state index contributed by atoms with van der Waals surface area (Å²) in [7, 11) is -3.82. The topological polar surface area (TPSA) is 46.2 Å². The van der Waals surface area contributed by atoms with Gasteiger partial charge in [-0.05, 0) is 48.4 Å². The number of nitrogens with one attached hydrogen (secondary N) is 1. The van der Waals surface area contributed by atoms with Gasteiger partial charge >= 0.3 is 6.18 Å². The fourth-order valence-electron chi connectivity index (χ4n) is 2.07. The summed E-state index contributed by atoms with van der Waals surface area (Å²) in [5.74, 6) is 0.